The van der Waals surface area contributed by atoms with Gasteiger partial charge in [-0.25, -0.2) is 24.6 Å². The van der Waals surface area contributed by atoms with Crippen LogP contribution in [0.25, 0.3) is 16.9 Å². The van der Waals surface area contributed by atoms with Gasteiger partial charge in [0.25, 0.3) is 5.91 Å². The highest BCUT2D eigenvalue weighted by molar-refractivity contribution is 7.17. The molecule has 1 aliphatic heterocycles. The number of hydrogen-bond acceptors (Lipinski definition) is 11. The first-order valence-electron chi connectivity index (χ1n) is 14.6. The van der Waals surface area contributed by atoms with Crippen LogP contribution in [-0.4, -0.2) is 79.2 Å². The average molecular weight is 671 g/mol. The van der Waals surface area contributed by atoms with Gasteiger partial charge in [0, 0.05) is 37.4 Å². The molecule has 1 aromatic carbocycles. The molecule has 0 radical (unpaired) electrons. The molecule has 0 spiro atoms. The summed E-state index contributed by atoms with van der Waals surface area (Å²) >= 11 is 7.46. The van der Waals surface area contributed by atoms with Gasteiger partial charge < -0.3 is 25.2 Å². The van der Waals surface area contributed by atoms with Crippen molar-refractivity contribution < 1.29 is 14.3 Å². The van der Waals surface area contributed by atoms with Crippen LogP contribution in [0.2, 0.25) is 5.02 Å². The van der Waals surface area contributed by atoms with E-state index in [1.165, 1.54) is 29.9 Å². The average Bonchev–Trinajstić information content (AvgIpc) is 3.79. The summed E-state index contributed by atoms with van der Waals surface area (Å²) < 4.78 is 7.24. The Morgan fingerprint density at radius 1 is 1.17 bits per heavy atom. The van der Waals surface area contributed by atoms with Crippen LogP contribution in [0.1, 0.15) is 22.2 Å². The topological polar surface area (TPSA) is 143 Å². The summed E-state index contributed by atoms with van der Waals surface area (Å²) in [5.41, 5.74) is 3.47. The zero-order valence-electron chi connectivity index (χ0n) is 25.8. The standard InChI is InChI=1S/C32H31ClN10O3S/c1-5-27(44)41-11-12-42(20(3)16-41)30-24(43-18-34-17-37-43)13-21(14-35-30)23-9-10-25(46-4)29(38-23)40-32-36-15-26(47-32)31(45)39-28-19(2)7-6-8-22(28)33/h5-10,13-15,17-18,20H,1,11-12,16H2,2-4H3,(H,39,45)(H,36,38,40)/t20-/m0/s1. The van der Waals surface area contributed by atoms with Crippen molar-refractivity contribution in [2.24, 2.45) is 0 Å². The number of hydrogen-bond donors (Lipinski definition) is 2. The molecule has 0 aliphatic carbocycles. The lowest BCUT2D eigenvalue weighted by Crippen LogP contribution is -2.54. The highest BCUT2D eigenvalue weighted by Gasteiger charge is 2.29. The van der Waals surface area contributed by atoms with Gasteiger partial charge >= 0.3 is 0 Å². The van der Waals surface area contributed by atoms with Crippen LogP contribution >= 0.6 is 22.9 Å². The predicted octanol–water partition coefficient (Wildman–Crippen LogP) is 5.37. The lowest BCUT2D eigenvalue weighted by Gasteiger charge is -2.40. The third-order valence-electron chi connectivity index (χ3n) is 7.69. The van der Waals surface area contributed by atoms with Crippen LogP contribution in [0.4, 0.5) is 22.5 Å². The smallest absolute Gasteiger partial charge is 0.267 e. The molecule has 0 saturated carbocycles. The zero-order chi connectivity index (χ0) is 33.1. The molecular weight excluding hydrogens is 640 g/mol. The second kappa shape index (κ2) is 13.6. The minimum absolute atomic E-state index is 0.00200. The first kappa shape index (κ1) is 31.6. The molecular formula is C32H31ClN10O3S. The molecule has 1 fully saturated rings. The number of pyridine rings is 2. The van der Waals surface area contributed by atoms with Crippen molar-refractivity contribution in [1.82, 2.24) is 34.6 Å². The number of benzene rings is 1. The van der Waals surface area contributed by atoms with Gasteiger partial charge in [-0.15, -0.1) is 0 Å². The van der Waals surface area contributed by atoms with E-state index in [1.807, 2.05) is 31.2 Å². The van der Waals surface area contributed by atoms with Crippen molar-refractivity contribution in [2.45, 2.75) is 19.9 Å². The molecule has 4 aromatic heterocycles. The maximum absolute atomic E-state index is 13.0. The fraction of sp³-hybridized carbons (Fsp3) is 0.219. The molecule has 1 atom stereocenters. The number of nitrogens with one attached hydrogen (secondary N) is 2. The van der Waals surface area contributed by atoms with Gasteiger partial charge in [-0.1, -0.05) is 41.6 Å². The number of carbonyl (C=O) groups excluding carboxylic acids is 2. The minimum Gasteiger partial charge on any atom is -0.493 e. The van der Waals surface area contributed by atoms with Crippen molar-refractivity contribution in [1.29, 1.82) is 0 Å². The van der Waals surface area contributed by atoms with Crippen LogP contribution in [0.15, 0.2) is 74.1 Å². The van der Waals surface area contributed by atoms with E-state index in [4.69, 9.17) is 26.3 Å². The van der Waals surface area contributed by atoms with Gasteiger partial charge in [-0.3, -0.25) is 9.59 Å². The molecule has 6 rings (SSSR count). The molecule has 1 aliphatic rings. The van der Waals surface area contributed by atoms with Gasteiger partial charge in [0.05, 0.1) is 29.7 Å². The number of ether oxygens (including phenoxy) is 1. The summed E-state index contributed by atoms with van der Waals surface area (Å²) in [4.78, 5) is 47.8. The van der Waals surface area contributed by atoms with Crippen molar-refractivity contribution in [2.75, 3.05) is 42.3 Å². The highest BCUT2D eigenvalue weighted by Crippen LogP contribution is 2.34. The van der Waals surface area contributed by atoms with E-state index >= 15 is 0 Å². The predicted molar refractivity (Wildman–Crippen MR) is 182 cm³/mol. The van der Waals surface area contributed by atoms with Gasteiger partial charge in [0.1, 0.15) is 23.2 Å². The molecule has 5 aromatic rings. The highest BCUT2D eigenvalue weighted by atomic mass is 35.5. The number of halogens is 1. The molecule has 0 unspecified atom stereocenters. The quantitative estimate of drug-likeness (QED) is 0.197. The molecule has 0 bridgehead atoms. The van der Waals surface area contributed by atoms with E-state index in [-0.39, 0.29) is 17.9 Å². The maximum atomic E-state index is 13.0. The monoisotopic (exact) mass is 670 g/mol. The fourth-order valence-corrected chi connectivity index (χ4v) is 6.25. The Balaban J connectivity index is 1.27. The van der Waals surface area contributed by atoms with E-state index in [0.29, 0.717) is 69.1 Å². The van der Waals surface area contributed by atoms with Gasteiger partial charge in [0.15, 0.2) is 22.5 Å². The third-order valence-corrected chi connectivity index (χ3v) is 8.91. The number of amides is 2. The van der Waals surface area contributed by atoms with Crippen LogP contribution in [0.5, 0.6) is 5.75 Å². The lowest BCUT2D eigenvalue weighted by molar-refractivity contribution is -0.126. The zero-order valence-corrected chi connectivity index (χ0v) is 27.4. The summed E-state index contributed by atoms with van der Waals surface area (Å²) in [6, 6.07) is 11.0. The normalized spacial score (nSPS) is 14.5. The number of nitrogens with zero attached hydrogens (tertiary/aromatic N) is 8. The number of rotatable bonds is 9. The Bertz CT molecular complexity index is 1930. The summed E-state index contributed by atoms with van der Waals surface area (Å²) in [7, 11) is 1.55. The molecule has 13 nitrogen and oxygen atoms in total. The first-order chi connectivity index (χ1) is 22.7. The van der Waals surface area contributed by atoms with Crippen LogP contribution in [-0.2, 0) is 4.79 Å². The molecule has 2 N–H and O–H groups in total. The van der Waals surface area contributed by atoms with Crippen molar-refractivity contribution in [3.8, 4) is 22.7 Å². The Morgan fingerprint density at radius 2 is 2.02 bits per heavy atom. The molecule has 2 amide bonds. The number of carbonyl (C=O) groups is 2. The Kier molecular flexibility index (Phi) is 9.13. The summed E-state index contributed by atoms with van der Waals surface area (Å²) in [6.45, 7) is 9.22. The number of para-hydroxylation sites is 1. The second-order valence-electron chi connectivity index (χ2n) is 10.7. The number of piperazine rings is 1. The van der Waals surface area contributed by atoms with E-state index in [0.717, 1.165) is 11.1 Å². The SMILES string of the molecule is C=CC(=O)N1CCN(c2ncc(-c3ccc(OC)c(Nc4ncc(C(=O)Nc5c(C)cccc5Cl)s4)n3)cc2-n2cncn2)[C@@H](C)C1. The van der Waals surface area contributed by atoms with Crippen LogP contribution in [0, 0.1) is 6.92 Å². The lowest BCUT2D eigenvalue weighted by atomic mass is 10.1. The second-order valence-corrected chi connectivity index (χ2v) is 12.2. The number of methoxy groups -OCH3 is 1. The number of aromatic nitrogens is 6. The van der Waals surface area contributed by atoms with E-state index < -0.39 is 0 Å². The Hall–Kier alpha value is -5.34. The Labute approximate surface area is 279 Å². The first-order valence-corrected chi connectivity index (χ1v) is 15.8. The maximum Gasteiger partial charge on any atom is 0.267 e. The largest absolute Gasteiger partial charge is 0.493 e. The number of thiazole rings is 1. The number of aryl methyl sites for hydroxylation is 1. The molecule has 5 heterocycles. The van der Waals surface area contributed by atoms with Crippen LogP contribution in [0.3, 0.4) is 0 Å². The third kappa shape index (κ3) is 6.64. The van der Waals surface area contributed by atoms with Crippen LogP contribution < -0.4 is 20.3 Å². The van der Waals surface area contributed by atoms with E-state index in [1.54, 1.807) is 41.3 Å². The summed E-state index contributed by atoms with van der Waals surface area (Å²) in [5, 5.41) is 11.3. The van der Waals surface area contributed by atoms with E-state index in [2.05, 4.69) is 44.1 Å². The summed E-state index contributed by atoms with van der Waals surface area (Å²) in [6.07, 6.45) is 7.67. The van der Waals surface area contributed by atoms with E-state index in [9.17, 15) is 9.59 Å². The van der Waals surface area contributed by atoms with Gasteiger partial charge in [-0.2, -0.15) is 5.10 Å². The van der Waals surface area contributed by atoms with Crippen molar-refractivity contribution in [3.05, 3.63) is 89.6 Å². The minimum atomic E-state index is -0.324. The van der Waals surface area contributed by atoms with Crippen molar-refractivity contribution in [3.63, 3.8) is 0 Å². The fourth-order valence-electron chi connectivity index (χ4n) is 5.28. The van der Waals surface area contributed by atoms with Gasteiger partial charge in [-0.05, 0) is 49.8 Å². The molecule has 47 heavy (non-hydrogen) atoms. The molecule has 1 saturated heterocycles. The summed E-state index contributed by atoms with van der Waals surface area (Å²) in [5.74, 6) is 1.20. The number of anilines is 4. The van der Waals surface area contributed by atoms with Gasteiger partial charge in [0.2, 0.25) is 5.91 Å². The Morgan fingerprint density at radius 3 is 2.74 bits per heavy atom. The molecule has 240 valence electrons. The van der Waals surface area contributed by atoms with Crippen molar-refractivity contribution >= 4 is 57.2 Å². The molecule has 15 heteroatoms.